The highest BCUT2D eigenvalue weighted by atomic mass is 32.1. The maximum absolute atomic E-state index is 6.20. The Hall–Kier alpha value is -1.13. The van der Waals surface area contributed by atoms with Gasteiger partial charge < -0.3 is 10.3 Å². The lowest BCUT2D eigenvalue weighted by Crippen LogP contribution is -2.48. The number of hydrogen-bond donors (Lipinski definition) is 1. The first-order chi connectivity index (χ1) is 9.28. The first-order valence-electron chi connectivity index (χ1n) is 7.05. The second-order valence-corrected chi connectivity index (χ2v) is 6.53. The van der Waals surface area contributed by atoms with Crippen LogP contribution in [0.1, 0.15) is 32.6 Å². The zero-order chi connectivity index (χ0) is 13.3. The van der Waals surface area contributed by atoms with E-state index in [-0.39, 0.29) is 5.54 Å². The van der Waals surface area contributed by atoms with Crippen molar-refractivity contribution in [2.24, 2.45) is 11.7 Å². The molecule has 0 spiro atoms. The number of aromatic nitrogens is 2. The van der Waals surface area contributed by atoms with E-state index in [2.05, 4.69) is 34.0 Å². The number of nitrogens with two attached hydrogens (primary N) is 1. The van der Waals surface area contributed by atoms with E-state index in [1.54, 1.807) is 11.3 Å². The molecule has 1 aliphatic rings. The number of thiophene rings is 1. The fourth-order valence-corrected chi connectivity index (χ4v) is 4.15. The maximum atomic E-state index is 6.20. The van der Waals surface area contributed by atoms with Crippen LogP contribution in [-0.2, 0) is 5.54 Å². The maximum Gasteiger partial charge on any atom is 0.0956 e. The molecule has 3 nitrogen and oxygen atoms in total. The van der Waals surface area contributed by atoms with Gasteiger partial charge in [0, 0.05) is 6.54 Å². The number of imidazole rings is 1. The Morgan fingerprint density at radius 1 is 1.53 bits per heavy atom. The Morgan fingerprint density at radius 3 is 3.11 bits per heavy atom. The molecule has 2 aromatic heterocycles. The third-order valence-corrected chi connectivity index (χ3v) is 5.55. The van der Waals surface area contributed by atoms with Crippen molar-refractivity contribution in [1.29, 1.82) is 0 Å². The predicted octanol–water partition coefficient (Wildman–Crippen LogP) is 3.48. The smallest absolute Gasteiger partial charge is 0.0956 e. The Morgan fingerprint density at radius 2 is 2.42 bits per heavy atom. The van der Waals surface area contributed by atoms with Gasteiger partial charge in [-0.1, -0.05) is 25.8 Å². The van der Waals surface area contributed by atoms with Gasteiger partial charge in [0.2, 0.25) is 0 Å². The fourth-order valence-electron chi connectivity index (χ4n) is 3.41. The zero-order valence-corrected chi connectivity index (χ0v) is 12.2. The van der Waals surface area contributed by atoms with Crippen LogP contribution in [0, 0.1) is 5.92 Å². The molecule has 4 heteroatoms. The number of rotatable bonds is 3. The summed E-state index contributed by atoms with van der Waals surface area (Å²) in [4.78, 5) is 5.68. The van der Waals surface area contributed by atoms with Gasteiger partial charge in [0.15, 0.2) is 0 Å². The molecule has 19 heavy (non-hydrogen) atoms. The van der Waals surface area contributed by atoms with Crippen LogP contribution in [-0.4, -0.2) is 16.1 Å². The largest absolute Gasteiger partial charge is 0.328 e. The lowest BCUT2D eigenvalue weighted by Gasteiger charge is -2.44. The molecule has 1 saturated carbocycles. The summed E-state index contributed by atoms with van der Waals surface area (Å²) in [5.74, 6) is 0.610. The molecule has 2 unspecified atom stereocenters. The minimum absolute atomic E-state index is 0.0497. The van der Waals surface area contributed by atoms with E-state index in [1.807, 2.05) is 12.5 Å². The summed E-state index contributed by atoms with van der Waals surface area (Å²) in [6, 6.07) is 4.26. The van der Waals surface area contributed by atoms with Crippen molar-refractivity contribution in [3.63, 3.8) is 0 Å². The summed E-state index contributed by atoms with van der Waals surface area (Å²) in [5.41, 5.74) is 7.46. The topological polar surface area (TPSA) is 43.8 Å². The minimum atomic E-state index is 0.0497. The van der Waals surface area contributed by atoms with Crippen molar-refractivity contribution in [3.8, 4) is 10.6 Å². The van der Waals surface area contributed by atoms with Crippen LogP contribution in [0.2, 0.25) is 0 Å². The van der Waals surface area contributed by atoms with E-state index < -0.39 is 0 Å². The van der Waals surface area contributed by atoms with Crippen molar-refractivity contribution in [3.05, 3.63) is 30.0 Å². The van der Waals surface area contributed by atoms with Crippen LogP contribution in [0.25, 0.3) is 10.6 Å². The lowest BCUT2D eigenvalue weighted by atomic mass is 9.73. The van der Waals surface area contributed by atoms with Crippen LogP contribution in [0.5, 0.6) is 0 Å². The third kappa shape index (κ3) is 2.03. The number of nitrogens with zero attached hydrogens (tertiary/aromatic N) is 2. The first-order valence-corrected chi connectivity index (χ1v) is 7.92. The molecule has 102 valence electrons. The lowest BCUT2D eigenvalue weighted by molar-refractivity contribution is 0.127. The average Bonchev–Trinajstić information content (AvgIpc) is 3.10. The SMILES string of the molecule is CC1CCCCC1(CN)n1cncc1-c1cccs1. The van der Waals surface area contributed by atoms with Crippen LogP contribution in [0.4, 0.5) is 0 Å². The van der Waals surface area contributed by atoms with Crippen LogP contribution in [0.15, 0.2) is 30.0 Å². The van der Waals surface area contributed by atoms with Crippen molar-refractivity contribution < 1.29 is 0 Å². The average molecular weight is 275 g/mol. The van der Waals surface area contributed by atoms with Gasteiger partial charge in [0.05, 0.1) is 28.6 Å². The van der Waals surface area contributed by atoms with Crippen LogP contribution >= 0.6 is 11.3 Å². The second kappa shape index (κ2) is 5.10. The van der Waals surface area contributed by atoms with Crippen molar-refractivity contribution in [2.75, 3.05) is 6.54 Å². The van der Waals surface area contributed by atoms with Gasteiger partial charge in [0.1, 0.15) is 0 Å². The van der Waals surface area contributed by atoms with E-state index in [4.69, 9.17) is 5.73 Å². The van der Waals surface area contributed by atoms with Crippen LogP contribution < -0.4 is 5.73 Å². The van der Waals surface area contributed by atoms with Gasteiger partial charge in [-0.15, -0.1) is 11.3 Å². The summed E-state index contributed by atoms with van der Waals surface area (Å²) in [5, 5.41) is 2.12. The highest BCUT2D eigenvalue weighted by molar-refractivity contribution is 7.13. The molecular formula is C15H21N3S. The van der Waals surface area contributed by atoms with Gasteiger partial charge in [0.25, 0.3) is 0 Å². The molecule has 0 bridgehead atoms. The van der Waals surface area contributed by atoms with Gasteiger partial charge in [-0.2, -0.15) is 0 Å². The monoisotopic (exact) mass is 275 g/mol. The quantitative estimate of drug-likeness (QED) is 0.932. The summed E-state index contributed by atoms with van der Waals surface area (Å²) >= 11 is 1.77. The van der Waals surface area contributed by atoms with E-state index in [0.29, 0.717) is 12.5 Å². The predicted molar refractivity (Wildman–Crippen MR) is 80.2 cm³/mol. The molecule has 1 aliphatic carbocycles. The summed E-state index contributed by atoms with van der Waals surface area (Å²) in [7, 11) is 0. The summed E-state index contributed by atoms with van der Waals surface area (Å²) in [6.45, 7) is 3.03. The molecule has 3 rings (SSSR count). The standard InChI is InChI=1S/C15H21N3S/c1-12-5-2-3-7-15(12,10-16)18-11-17-9-13(18)14-6-4-8-19-14/h4,6,8-9,11-12H,2-3,5,7,10,16H2,1H3. The Balaban J connectivity index is 2.07. The zero-order valence-electron chi connectivity index (χ0n) is 11.4. The van der Waals surface area contributed by atoms with Crippen LogP contribution in [0.3, 0.4) is 0 Å². The Kier molecular flexibility index (Phi) is 3.46. The molecule has 2 heterocycles. The van der Waals surface area contributed by atoms with Crippen molar-refractivity contribution >= 4 is 11.3 Å². The van der Waals surface area contributed by atoms with E-state index in [1.165, 1.54) is 36.3 Å². The third-order valence-electron chi connectivity index (χ3n) is 4.66. The van der Waals surface area contributed by atoms with Gasteiger partial charge >= 0.3 is 0 Å². The minimum Gasteiger partial charge on any atom is -0.328 e. The molecular weight excluding hydrogens is 254 g/mol. The summed E-state index contributed by atoms with van der Waals surface area (Å²) in [6.07, 6.45) is 8.97. The number of hydrogen-bond acceptors (Lipinski definition) is 3. The van der Waals surface area contributed by atoms with Gasteiger partial charge in [-0.3, -0.25) is 0 Å². The fraction of sp³-hybridized carbons (Fsp3) is 0.533. The summed E-state index contributed by atoms with van der Waals surface area (Å²) < 4.78 is 2.35. The molecule has 2 N–H and O–H groups in total. The second-order valence-electron chi connectivity index (χ2n) is 5.58. The van der Waals surface area contributed by atoms with E-state index >= 15 is 0 Å². The molecule has 0 amide bonds. The molecule has 2 aromatic rings. The van der Waals surface area contributed by atoms with E-state index in [0.717, 1.165) is 0 Å². The Bertz CT molecular complexity index is 531. The molecule has 0 aliphatic heterocycles. The molecule has 2 atom stereocenters. The first kappa shape index (κ1) is 12.9. The van der Waals surface area contributed by atoms with Gasteiger partial charge in [-0.05, 0) is 30.2 Å². The molecule has 0 aromatic carbocycles. The van der Waals surface area contributed by atoms with Crippen molar-refractivity contribution in [1.82, 2.24) is 9.55 Å². The highest BCUT2D eigenvalue weighted by Crippen LogP contribution is 2.41. The molecule has 0 saturated heterocycles. The molecule has 0 radical (unpaired) electrons. The highest BCUT2D eigenvalue weighted by Gasteiger charge is 2.39. The Labute approximate surface area is 118 Å². The van der Waals surface area contributed by atoms with Crippen molar-refractivity contribution in [2.45, 2.75) is 38.1 Å². The normalized spacial score (nSPS) is 27.6. The van der Waals surface area contributed by atoms with Gasteiger partial charge in [-0.25, -0.2) is 4.98 Å². The molecule has 1 fully saturated rings. The van der Waals surface area contributed by atoms with E-state index in [9.17, 15) is 0 Å².